The molecule has 4 amide bonds. The highest BCUT2D eigenvalue weighted by Crippen LogP contribution is 2.49. The molecule has 6 nitrogen and oxygen atoms in total. The number of aryl methyl sites for hydroxylation is 2. The van der Waals surface area contributed by atoms with Crippen molar-refractivity contribution < 1.29 is 14.4 Å². The monoisotopic (exact) mass is 367 g/mol. The van der Waals surface area contributed by atoms with Gasteiger partial charge < -0.3 is 10.6 Å². The van der Waals surface area contributed by atoms with Gasteiger partial charge in [0.2, 0.25) is 11.8 Å². The van der Waals surface area contributed by atoms with Crippen LogP contribution in [0.1, 0.15) is 24.0 Å². The fourth-order valence-corrected chi connectivity index (χ4v) is 4.81. The molecule has 142 valence electrons. The lowest BCUT2D eigenvalue weighted by atomic mass is 9.63. The minimum atomic E-state index is -0.328. The molecule has 1 aliphatic heterocycles. The lowest BCUT2D eigenvalue weighted by Gasteiger charge is -2.38. The van der Waals surface area contributed by atoms with Crippen molar-refractivity contribution in [3.05, 3.63) is 41.5 Å². The van der Waals surface area contributed by atoms with Gasteiger partial charge in [-0.3, -0.25) is 14.5 Å². The molecule has 0 unspecified atom stereocenters. The fraction of sp³-hybridized carbons (Fsp3) is 0.476. The maximum atomic E-state index is 12.7. The Labute approximate surface area is 159 Å². The predicted molar refractivity (Wildman–Crippen MR) is 102 cm³/mol. The van der Waals surface area contributed by atoms with Crippen LogP contribution in [0.25, 0.3) is 0 Å². The first-order valence-electron chi connectivity index (χ1n) is 9.62. The van der Waals surface area contributed by atoms with Gasteiger partial charge in [0.1, 0.15) is 0 Å². The maximum Gasteiger partial charge on any atom is 0.319 e. The summed E-state index contributed by atoms with van der Waals surface area (Å²) in [6.45, 7) is 4.35. The van der Waals surface area contributed by atoms with Crippen LogP contribution in [-0.4, -0.2) is 35.8 Å². The molecular weight excluding hydrogens is 342 g/mol. The van der Waals surface area contributed by atoms with Crippen molar-refractivity contribution in [2.24, 2.45) is 23.7 Å². The summed E-state index contributed by atoms with van der Waals surface area (Å²) < 4.78 is 0. The number of rotatable bonds is 4. The summed E-state index contributed by atoms with van der Waals surface area (Å²) in [4.78, 5) is 39.0. The van der Waals surface area contributed by atoms with Crippen molar-refractivity contribution in [1.82, 2.24) is 10.2 Å². The second-order valence-electron chi connectivity index (χ2n) is 7.82. The van der Waals surface area contributed by atoms with Gasteiger partial charge >= 0.3 is 6.03 Å². The van der Waals surface area contributed by atoms with Crippen molar-refractivity contribution in [3.8, 4) is 0 Å². The molecule has 0 spiro atoms. The molecule has 2 bridgehead atoms. The Balaban J connectivity index is 1.34. The first kappa shape index (κ1) is 17.8. The van der Waals surface area contributed by atoms with Crippen LogP contribution in [0.4, 0.5) is 10.5 Å². The molecule has 3 aliphatic carbocycles. The van der Waals surface area contributed by atoms with Crippen molar-refractivity contribution in [3.63, 3.8) is 0 Å². The maximum absolute atomic E-state index is 12.7. The summed E-state index contributed by atoms with van der Waals surface area (Å²) >= 11 is 0. The number of urea groups is 1. The van der Waals surface area contributed by atoms with E-state index >= 15 is 0 Å². The van der Waals surface area contributed by atoms with Crippen LogP contribution in [0.3, 0.4) is 0 Å². The van der Waals surface area contributed by atoms with Gasteiger partial charge in [-0.05, 0) is 49.7 Å². The number of anilines is 1. The van der Waals surface area contributed by atoms with Gasteiger partial charge in [-0.15, -0.1) is 0 Å². The molecule has 5 rings (SSSR count). The zero-order valence-electron chi connectivity index (χ0n) is 15.7. The van der Waals surface area contributed by atoms with E-state index in [1.54, 1.807) is 0 Å². The zero-order chi connectivity index (χ0) is 19.1. The average molecular weight is 367 g/mol. The highest BCUT2D eigenvalue weighted by atomic mass is 16.2. The van der Waals surface area contributed by atoms with Gasteiger partial charge in [-0.1, -0.05) is 30.4 Å². The quantitative estimate of drug-likeness (QED) is 0.634. The minimum Gasteiger partial charge on any atom is -0.336 e. The highest BCUT2D eigenvalue weighted by molar-refractivity contribution is 6.06. The molecule has 6 heteroatoms. The van der Waals surface area contributed by atoms with E-state index in [0.29, 0.717) is 0 Å². The summed E-state index contributed by atoms with van der Waals surface area (Å²) in [5, 5.41) is 5.61. The lowest BCUT2D eigenvalue weighted by molar-refractivity contribution is -0.140. The van der Waals surface area contributed by atoms with Gasteiger partial charge in [-0.2, -0.15) is 0 Å². The SMILES string of the molecule is Cc1cccc(C)c1NC(=O)NCCN1C(=O)[C@H]2[C@H](C1=O)[C@H]1C=C[C@H]2CC1. The normalized spacial score (nSPS) is 28.4. The third kappa shape index (κ3) is 3.03. The van der Waals surface area contributed by atoms with Gasteiger partial charge in [0, 0.05) is 18.8 Å². The number of likely N-dealkylation sites (tertiary alicyclic amines) is 1. The summed E-state index contributed by atoms with van der Waals surface area (Å²) in [5.74, 6) is -0.125. The van der Waals surface area contributed by atoms with E-state index in [9.17, 15) is 14.4 Å². The molecule has 4 aliphatic rings. The summed E-state index contributed by atoms with van der Waals surface area (Å²) in [7, 11) is 0. The van der Waals surface area contributed by atoms with Crippen molar-refractivity contribution in [2.75, 3.05) is 18.4 Å². The Kier molecular flexibility index (Phi) is 4.50. The Morgan fingerprint density at radius 1 is 1.04 bits per heavy atom. The largest absolute Gasteiger partial charge is 0.336 e. The number of imide groups is 1. The van der Waals surface area contributed by atoms with E-state index < -0.39 is 0 Å². The van der Waals surface area contributed by atoms with Crippen molar-refractivity contribution in [1.29, 1.82) is 0 Å². The van der Waals surface area contributed by atoms with Crippen LogP contribution in [0, 0.1) is 37.5 Å². The molecule has 2 fully saturated rings. The molecule has 1 aromatic carbocycles. The van der Waals surface area contributed by atoms with E-state index in [4.69, 9.17) is 0 Å². The summed E-state index contributed by atoms with van der Waals surface area (Å²) in [6.07, 6.45) is 6.21. The average Bonchev–Trinajstić information content (AvgIpc) is 2.93. The van der Waals surface area contributed by atoms with E-state index in [2.05, 4.69) is 22.8 Å². The van der Waals surface area contributed by atoms with E-state index in [-0.39, 0.29) is 54.6 Å². The first-order valence-corrected chi connectivity index (χ1v) is 9.62. The molecular formula is C21H25N3O3. The molecule has 27 heavy (non-hydrogen) atoms. The number of benzene rings is 1. The van der Waals surface area contributed by atoms with Gasteiger partial charge in [-0.25, -0.2) is 4.79 Å². The Hall–Kier alpha value is -2.63. The third-order valence-electron chi connectivity index (χ3n) is 6.19. The van der Waals surface area contributed by atoms with E-state index in [1.165, 1.54) is 4.90 Å². The number of hydrogen-bond acceptors (Lipinski definition) is 3. The summed E-state index contributed by atoms with van der Waals surface area (Å²) in [5.41, 5.74) is 2.76. The number of allylic oxidation sites excluding steroid dienone is 2. The van der Waals surface area contributed by atoms with Gasteiger partial charge in [0.15, 0.2) is 0 Å². The van der Waals surface area contributed by atoms with Crippen molar-refractivity contribution in [2.45, 2.75) is 26.7 Å². The molecule has 1 saturated carbocycles. The van der Waals surface area contributed by atoms with Gasteiger partial charge in [0.25, 0.3) is 0 Å². The van der Waals surface area contributed by atoms with E-state index in [1.807, 2.05) is 32.0 Å². The van der Waals surface area contributed by atoms with Crippen LogP contribution in [0.5, 0.6) is 0 Å². The number of para-hydroxylation sites is 1. The molecule has 2 N–H and O–H groups in total. The van der Waals surface area contributed by atoms with Crippen LogP contribution in [0.15, 0.2) is 30.4 Å². The fourth-order valence-electron chi connectivity index (χ4n) is 4.81. The first-order chi connectivity index (χ1) is 13.0. The Bertz CT molecular complexity index is 780. The highest BCUT2D eigenvalue weighted by Gasteiger charge is 2.56. The van der Waals surface area contributed by atoms with E-state index in [0.717, 1.165) is 29.7 Å². The predicted octanol–water partition coefficient (Wildman–Crippen LogP) is 2.62. The number of nitrogens with one attached hydrogen (secondary N) is 2. The topological polar surface area (TPSA) is 78.5 Å². The minimum absolute atomic E-state index is 0.0685. The van der Waals surface area contributed by atoms with Crippen molar-refractivity contribution >= 4 is 23.5 Å². The molecule has 4 atom stereocenters. The van der Waals surface area contributed by atoms with Crippen LogP contribution >= 0.6 is 0 Å². The number of amides is 4. The molecule has 0 aromatic heterocycles. The Morgan fingerprint density at radius 2 is 1.59 bits per heavy atom. The number of hydrogen-bond donors (Lipinski definition) is 2. The second-order valence-corrected chi connectivity index (χ2v) is 7.82. The van der Waals surface area contributed by atoms with Gasteiger partial charge in [0.05, 0.1) is 11.8 Å². The number of carbonyl (C=O) groups excluding carboxylic acids is 3. The number of carbonyl (C=O) groups is 3. The lowest BCUT2D eigenvalue weighted by Crippen LogP contribution is -2.40. The molecule has 1 aromatic rings. The Morgan fingerprint density at radius 3 is 2.11 bits per heavy atom. The summed E-state index contributed by atoms with van der Waals surface area (Å²) in [6, 6.07) is 5.49. The van der Waals surface area contributed by atoms with Crippen LogP contribution < -0.4 is 10.6 Å². The van der Waals surface area contributed by atoms with Crippen LogP contribution in [-0.2, 0) is 9.59 Å². The zero-order valence-corrected chi connectivity index (χ0v) is 15.7. The molecule has 1 saturated heterocycles. The third-order valence-corrected chi connectivity index (χ3v) is 6.19. The number of fused-ring (bicyclic) bond motifs is 1. The molecule has 0 radical (unpaired) electrons. The standard InChI is InChI=1S/C21H25N3O3/c1-12-4-3-5-13(2)18(12)23-21(27)22-10-11-24-19(25)16-14-6-7-15(9-8-14)17(16)20(24)26/h3-7,14-17H,8-11H2,1-2H3,(H2,22,23,27)/t14-,15-,16+,17+/m0/s1. The van der Waals surface area contributed by atoms with Crippen LogP contribution in [0.2, 0.25) is 0 Å². The smallest absolute Gasteiger partial charge is 0.319 e. The number of nitrogens with zero attached hydrogens (tertiary/aromatic N) is 1. The second kappa shape index (κ2) is 6.83. The molecule has 1 heterocycles.